The van der Waals surface area contributed by atoms with Gasteiger partial charge >= 0.3 is 0 Å². The van der Waals surface area contributed by atoms with E-state index in [1.807, 2.05) is 0 Å². The third kappa shape index (κ3) is 3.60. The maximum atomic E-state index is 6.78. The van der Waals surface area contributed by atoms with Gasteiger partial charge in [0.05, 0.1) is 0 Å². The maximum Gasteiger partial charge on any atom is 0.180 e. The largest absolute Gasteiger partial charge is 0.456 e. The molecule has 8 aromatic carbocycles. The lowest BCUT2D eigenvalue weighted by molar-refractivity contribution is 0.423. The monoisotopic (exact) mass is 592 g/mol. The highest BCUT2D eigenvalue weighted by Crippen LogP contribution is 2.52. The molecule has 8 aromatic rings. The Morgan fingerprint density at radius 3 is 1.69 bits per heavy atom. The van der Waals surface area contributed by atoms with Gasteiger partial charge in [0.2, 0.25) is 0 Å². The predicted molar refractivity (Wildman–Crippen MR) is 192 cm³/mol. The highest BCUT2D eigenvalue weighted by atomic mass is 28.3. The molecule has 0 fully saturated rings. The van der Waals surface area contributed by atoms with Gasteiger partial charge in [-0.3, -0.25) is 0 Å². The highest BCUT2D eigenvalue weighted by molar-refractivity contribution is 7.20. The number of benzene rings is 8. The molecule has 0 radical (unpaired) electrons. The van der Waals surface area contributed by atoms with Gasteiger partial charge in [-0.1, -0.05) is 153 Å². The number of para-hydroxylation sites is 1. The van der Waals surface area contributed by atoms with Crippen LogP contribution in [0.4, 0.5) is 0 Å². The van der Waals surface area contributed by atoms with Crippen LogP contribution in [0, 0.1) is 0 Å². The summed E-state index contributed by atoms with van der Waals surface area (Å²) in [5.74, 6) is 1.94. The molecule has 1 aliphatic rings. The summed E-state index contributed by atoms with van der Waals surface area (Å²) in [7, 11) is -2.78. The Morgan fingerprint density at radius 1 is 0.467 bits per heavy atom. The Hall–Kier alpha value is -5.18. The van der Waals surface area contributed by atoms with Crippen LogP contribution < -0.4 is 25.5 Å². The number of fused-ring (bicyclic) bond motifs is 3. The van der Waals surface area contributed by atoms with Crippen LogP contribution >= 0.6 is 0 Å². The van der Waals surface area contributed by atoms with Crippen LogP contribution in [-0.4, -0.2) is 8.07 Å². The first kappa shape index (κ1) is 26.2. The van der Waals surface area contributed by atoms with Crippen molar-refractivity contribution in [2.24, 2.45) is 0 Å². The van der Waals surface area contributed by atoms with Gasteiger partial charge in [0.25, 0.3) is 0 Å². The third-order valence-electron chi connectivity index (χ3n) is 10.2. The van der Waals surface area contributed by atoms with Crippen LogP contribution in [-0.2, 0) is 5.41 Å². The fourth-order valence-corrected chi connectivity index (χ4v) is 13.1. The predicted octanol–water partition coefficient (Wildman–Crippen LogP) is 8.39. The number of hydrogen-bond donors (Lipinski definition) is 0. The van der Waals surface area contributed by atoms with Crippen LogP contribution in [0.1, 0.15) is 25.0 Å². The topological polar surface area (TPSA) is 9.23 Å². The van der Waals surface area contributed by atoms with Gasteiger partial charge in [0, 0.05) is 27.3 Å². The van der Waals surface area contributed by atoms with Crippen molar-refractivity contribution in [1.29, 1.82) is 0 Å². The van der Waals surface area contributed by atoms with Gasteiger partial charge in [-0.05, 0) is 60.5 Å². The second-order valence-electron chi connectivity index (χ2n) is 12.9. The lowest BCUT2D eigenvalue weighted by Gasteiger charge is -2.37. The van der Waals surface area contributed by atoms with Gasteiger partial charge < -0.3 is 4.74 Å². The summed E-state index contributed by atoms with van der Waals surface area (Å²) in [6.45, 7) is 4.67. The fraction of sp³-hybridized carbons (Fsp3) is 0.0698. The van der Waals surface area contributed by atoms with Crippen molar-refractivity contribution >= 4 is 61.1 Å². The molecule has 0 bridgehead atoms. The summed E-state index contributed by atoms with van der Waals surface area (Å²) in [6.07, 6.45) is 0. The van der Waals surface area contributed by atoms with Crippen molar-refractivity contribution < 1.29 is 4.74 Å². The second-order valence-corrected chi connectivity index (χ2v) is 16.6. The number of rotatable bonds is 4. The molecular formula is C43H32OSi. The summed E-state index contributed by atoms with van der Waals surface area (Å²) >= 11 is 0. The average Bonchev–Trinajstić information content (AvgIpc) is 3.09. The quantitative estimate of drug-likeness (QED) is 0.113. The Balaban J connectivity index is 1.48. The summed E-state index contributed by atoms with van der Waals surface area (Å²) in [5.41, 5.74) is 2.26. The molecule has 0 atom stereocenters. The maximum absolute atomic E-state index is 6.78. The molecule has 0 saturated carbocycles. The number of hydrogen-bond acceptors (Lipinski definition) is 1. The summed E-state index contributed by atoms with van der Waals surface area (Å²) in [4.78, 5) is 0. The minimum atomic E-state index is -2.78. The lowest BCUT2D eigenvalue weighted by atomic mass is 9.74. The molecule has 214 valence electrons. The smallest absolute Gasteiger partial charge is 0.180 e. The Kier molecular flexibility index (Phi) is 5.63. The molecule has 9 rings (SSSR count). The van der Waals surface area contributed by atoms with Crippen molar-refractivity contribution in [1.82, 2.24) is 0 Å². The van der Waals surface area contributed by atoms with E-state index in [0.717, 1.165) is 11.5 Å². The minimum absolute atomic E-state index is 0.207. The minimum Gasteiger partial charge on any atom is -0.456 e. The highest BCUT2D eigenvalue weighted by Gasteiger charge is 2.43. The van der Waals surface area contributed by atoms with E-state index in [-0.39, 0.29) is 5.41 Å². The molecule has 0 saturated heterocycles. The average molecular weight is 593 g/mol. The molecule has 1 aliphatic heterocycles. The first-order valence-electron chi connectivity index (χ1n) is 15.8. The Labute approximate surface area is 264 Å². The summed E-state index contributed by atoms with van der Waals surface area (Å²) < 4.78 is 6.78. The van der Waals surface area contributed by atoms with Gasteiger partial charge in [0.1, 0.15) is 11.5 Å². The van der Waals surface area contributed by atoms with Crippen molar-refractivity contribution in [2.75, 3.05) is 0 Å². The van der Waals surface area contributed by atoms with E-state index in [9.17, 15) is 0 Å². The third-order valence-corrected chi connectivity index (χ3v) is 15.0. The van der Waals surface area contributed by atoms with E-state index in [2.05, 4.69) is 172 Å². The standard InChI is InChI=1S/C43H32OSi/c1-43(2)36-23-12-13-24-38(36)44-42-35-26-25-29-15-14-22-34-39(28-30(27-37(42)43)41(35)40(29)34)45(31-16-6-3-7-17-31,32-18-8-4-9-19-32)33-20-10-5-11-21-33/h3-28H,1-2H3. The molecule has 0 N–H and O–H groups in total. The van der Waals surface area contributed by atoms with E-state index < -0.39 is 8.07 Å². The Bertz CT molecular complexity index is 2260. The Morgan fingerprint density at radius 2 is 1.04 bits per heavy atom. The summed E-state index contributed by atoms with van der Waals surface area (Å²) in [5, 5.41) is 13.2. The zero-order chi connectivity index (χ0) is 30.2. The van der Waals surface area contributed by atoms with Gasteiger partial charge in [0.15, 0.2) is 8.07 Å². The summed E-state index contributed by atoms with van der Waals surface area (Å²) in [6, 6.07) is 58.7. The molecule has 0 amide bonds. The molecule has 1 heterocycles. The zero-order valence-electron chi connectivity index (χ0n) is 25.4. The molecule has 0 aromatic heterocycles. The van der Waals surface area contributed by atoms with E-state index in [1.165, 1.54) is 64.2 Å². The van der Waals surface area contributed by atoms with Gasteiger partial charge in [-0.2, -0.15) is 0 Å². The first-order valence-corrected chi connectivity index (χ1v) is 17.8. The van der Waals surface area contributed by atoms with E-state index in [1.54, 1.807) is 0 Å². The zero-order valence-corrected chi connectivity index (χ0v) is 26.4. The van der Waals surface area contributed by atoms with Crippen molar-refractivity contribution in [2.45, 2.75) is 19.3 Å². The molecule has 0 aliphatic carbocycles. The van der Waals surface area contributed by atoms with Crippen LogP contribution in [0.5, 0.6) is 11.5 Å². The van der Waals surface area contributed by atoms with Crippen LogP contribution in [0.15, 0.2) is 158 Å². The normalized spacial score (nSPS) is 13.9. The SMILES string of the molecule is CC1(C)c2ccccc2Oc2c1cc1cc([Si](c3ccccc3)(c3ccccc3)c3ccccc3)c3cccc4ccc2c1c43. The molecule has 0 unspecified atom stereocenters. The molecule has 1 nitrogen and oxygen atoms in total. The molecular weight excluding hydrogens is 561 g/mol. The molecule has 2 heteroatoms. The van der Waals surface area contributed by atoms with E-state index in [4.69, 9.17) is 4.74 Å². The van der Waals surface area contributed by atoms with Crippen molar-refractivity contribution in [3.05, 3.63) is 169 Å². The number of ether oxygens (including phenoxy) is 1. The van der Waals surface area contributed by atoms with Crippen molar-refractivity contribution in [3.63, 3.8) is 0 Å². The molecule has 0 spiro atoms. The lowest BCUT2D eigenvalue weighted by Crippen LogP contribution is -2.74. The van der Waals surface area contributed by atoms with Gasteiger partial charge in [-0.25, -0.2) is 0 Å². The first-order chi connectivity index (χ1) is 22.1. The van der Waals surface area contributed by atoms with E-state index in [0.29, 0.717) is 0 Å². The fourth-order valence-electron chi connectivity index (χ4n) is 8.12. The van der Waals surface area contributed by atoms with Gasteiger partial charge in [-0.15, -0.1) is 0 Å². The second kappa shape index (κ2) is 9.66. The van der Waals surface area contributed by atoms with E-state index >= 15 is 0 Å². The van der Waals surface area contributed by atoms with Crippen LogP contribution in [0.25, 0.3) is 32.3 Å². The van der Waals surface area contributed by atoms with Crippen LogP contribution in [0.2, 0.25) is 0 Å². The molecule has 45 heavy (non-hydrogen) atoms. The van der Waals surface area contributed by atoms with Crippen molar-refractivity contribution in [3.8, 4) is 11.5 Å². The van der Waals surface area contributed by atoms with Crippen LogP contribution in [0.3, 0.4) is 0 Å².